The van der Waals surface area contributed by atoms with Gasteiger partial charge < -0.3 is 15.2 Å². The summed E-state index contributed by atoms with van der Waals surface area (Å²) in [6.45, 7) is 4.52. The second kappa shape index (κ2) is 7.61. The first-order valence-electron chi connectivity index (χ1n) is 7.29. The maximum Gasteiger partial charge on any atom is 0.251 e. The van der Waals surface area contributed by atoms with E-state index in [0.717, 1.165) is 16.7 Å². The third-order valence-electron chi connectivity index (χ3n) is 3.39. The minimum absolute atomic E-state index is 0.0384. The van der Waals surface area contributed by atoms with E-state index in [0.29, 0.717) is 17.9 Å². The molecule has 0 aliphatic rings. The standard InChI is InChI=1S/C18H21NO3/c1-13-7-8-16(14(2)11-13)18(21)19-12-15-5-3-4-6-17(15)22-10-9-20/h3-8,11,20H,9-10,12H2,1-2H3,(H,19,21). The lowest BCUT2D eigenvalue weighted by molar-refractivity contribution is 0.0950. The first-order chi connectivity index (χ1) is 10.6. The van der Waals surface area contributed by atoms with Gasteiger partial charge in [-0.2, -0.15) is 0 Å². The average Bonchev–Trinajstić information content (AvgIpc) is 2.51. The smallest absolute Gasteiger partial charge is 0.251 e. The molecule has 0 aliphatic carbocycles. The molecule has 0 spiro atoms. The summed E-state index contributed by atoms with van der Waals surface area (Å²) in [5, 5.41) is 11.8. The number of amides is 1. The molecule has 0 saturated carbocycles. The van der Waals surface area contributed by atoms with Gasteiger partial charge in [0.25, 0.3) is 5.91 Å². The Morgan fingerprint density at radius 3 is 2.68 bits per heavy atom. The second-order valence-electron chi connectivity index (χ2n) is 5.18. The SMILES string of the molecule is Cc1ccc(C(=O)NCc2ccccc2OCCO)c(C)c1. The van der Waals surface area contributed by atoms with Gasteiger partial charge >= 0.3 is 0 Å². The summed E-state index contributed by atoms with van der Waals surface area (Å²) in [5.74, 6) is 0.576. The summed E-state index contributed by atoms with van der Waals surface area (Å²) in [5.41, 5.74) is 3.66. The van der Waals surface area contributed by atoms with Crippen molar-refractivity contribution >= 4 is 5.91 Å². The number of para-hydroxylation sites is 1. The molecule has 2 rings (SSSR count). The van der Waals surface area contributed by atoms with Crippen molar-refractivity contribution in [2.75, 3.05) is 13.2 Å². The number of carbonyl (C=O) groups excluding carboxylic acids is 1. The molecule has 2 aromatic carbocycles. The van der Waals surface area contributed by atoms with Crippen molar-refractivity contribution in [3.05, 3.63) is 64.7 Å². The number of aryl methyl sites for hydroxylation is 2. The van der Waals surface area contributed by atoms with Gasteiger partial charge in [-0.1, -0.05) is 35.9 Å². The molecule has 0 fully saturated rings. The summed E-state index contributed by atoms with van der Waals surface area (Å²) >= 11 is 0. The Bertz CT molecular complexity index is 653. The van der Waals surface area contributed by atoms with Gasteiger partial charge in [-0.25, -0.2) is 0 Å². The van der Waals surface area contributed by atoms with Crippen molar-refractivity contribution < 1.29 is 14.6 Å². The number of hydrogen-bond acceptors (Lipinski definition) is 3. The average molecular weight is 299 g/mol. The Balaban J connectivity index is 2.05. The molecule has 1 amide bonds. The van der Waals surface area contributed by atoms with E-state index in [2.05, 4.69) is 5.32 Å². The fourth-order valence-electron chi connectivity index (χ4n) is 2.29. The first kappa shape index (κ1) is 16.0. The van der Waals surface area contributed by atoms with Gasteiger partial charge in [0.1, 0.15) is 12.4 Å². The number of aliphatic hydroxyl groups is 1. The molecular formula is C18H21NO3. The molecule has 0 heterocycles. The topological polar surface area (TPSA) is 58.6 Å². The molecule has 0 unspecified atom stereocenters. The lowest BCUT2D eigenvalue weighted by Gasteiger charge is -2.12. The van der Waals surface area contributed by atoms with Crippen LogP contribution in [0.2, 0.25) is 0 Å². The van der Waals surface area contributed by atoms with Crippen molar-refractivity contribution in [1.82, 2.24) is 5.32 Å². The normalized spacial score (nSPS) is 10.3. The molecule has 0 atom stereocenters. The van der Waals surface area contributed by atoms with E-state index in [1.54, 1.807) is 0 Å². The van der Waals surface area contributed by atoms with E-state index >= 15 is 0 Å². The van der Waals surface area contributed by atoms with E-state index < -0.39 is 0 Å². The van der Waals surface area contributed by atoms with Crippen LogP contribution in [0.1, 0.15) is 27.0 Å². The molecule has 0 radical (unpaired) electrons. The largest absolute Gasteiger partial charge is 0.491 e. The first-order valence-corrected chi connectivity index (χ1v) is 7.29. The van der Waals surface area contributed by atoms with Crippen molar-refractivity contribution in [3.8, 4) is 5.75 Å². The van der Waals surface area contributed by atoms with Gasteiger partial charge in [0.2, 0.25) is 0 Å². The van der Waals surface area contributed by atoms with Crippen molar-refractivity contribution in [2.24, 2.45) is 0 Å². The number of hydrogen-bond donors (Lipinski definition) is 2. The molecule has 0 saturated heterocycles. The van der Waals surface area contributed by atoms with Crippen LogP contribution in [-0.2, 0) is 6.54 Å². The molecule has 0 bridgehead atoms. The maximum absolute atomic E-state index is 12.3. The lowest BCUT2D eigenvalue weighted by Crippen LogP contribution is -2.24. The van der Waals surface area contributed by atoms with Gasteiger partial charge in [0.05, 0.1) is 6.61 Å². The Morgan fingerprint density at radius 2 is 1.95 bits per heavy atom. The molecule has 2 aromatic rings. The van der Waals surface area contributed by atoms with Crippen LogP contribution in [0.4, 0.5) is 0 Å². The van der Waals surface area contributed by atoms with E-state index in [4.69, 9.17) is 9.84 Å². The van der Waals surface area contributed by atoms with Gasteiger partial charge in [0, 0.05) is 17.7 Å². The van der Waals surface area contributed by atoms with Gasteiger partial charge in [-0.05, 0) is 31.5 Å². The Labute approximate surface area is 130 Å². The zero-order chi connectivity index (χ0) is 15.9. The summed E-state index contributed by atoms with van der Waals surface area (Å²) in [6.07, 6.45) is 0. The summed E-state index contributed by atoms with van der Waals surface area (Å²) in [4.78, 5) is 12.3. The molecule has 116 valence electrons. The van der Waals surface area contributed by atoms with Gasteiger partial charge in [0.15, 0.2) is 0 Å². The second-order valence-corrected chi connectivity index (χ2v) is 5.18. The highest BCUT2D eigenvalue weighted by atomic mass is 16.5. The third-order valence-corrected chi connectivity index (χ3v) is 3.39. The quantitative estimate of drug-likeness (QED) is 0.862. The number of aliphatic hydroxyl groups excluding tert-OH is 1. The number of nitrogens with one attached hydrogen (secondary N) is 1. The number of rotatable bonds is 6. The van der Waals surface area contributed by atoms with Crippen LogP contribution in [0.5, 0.6) is 5.75 Å². The number of benzene rings is 2. The van der Waals surface area contributed by atoms with Crippen LogP contribution in [0.25, 0.3) is 0 Å². The zero-order valence-electron chi connectivity index (χ0n) is 12.9. The van der Waals surface area contributed by atoms with Crippen LogP contribution in [0.3, 0.4) is 0 Å². The zero-order valence-corrected chi connectivity index (χ0v) is 12.9. The minimum Gasteiger partial charge on any atom is -0.491 e. The predicted molar refractivity (Wildman–Crippen MR) is 86.1 cm³/mol. The highest BCUT2D eigenvalue weighted by molar-refractivity contribution is 5.95. The van der Waals surface area contributed by atoms with Crippen molar-refractivity contribution in [1.29, 1.82) is 0 Å². The van der Waals surface area contributed by atoms with E-state index in [9.17, 15) is 4.79 Å². The van der Waals surface area contributed by atoms with Crippen molar-refractivity contribution in [3.63, 3.8) is 0 Å². The highest BCUT2D eigenvalue weighted by Crippen LogP contribution is 2.18. The van der Waals surface area contributed by atoms with Crippen LogP contribution >= 0.6 is 0 Å². The maximum atomic E-state index is 12.3. The Kier molecular flexibility index (Phi) is 5.55. The molecule has 2 N–H and O–H groups in total. The number of carbonyl (C=O) groups is 1. The summed E-state index contributed by atoms with van der Waals surface area (Å²) in [6, 6.07) is 13.2. The fourth-order valence-corrected chi connectivity index (χ4v) is 2.29. The van der Waals surface area contributed by atoms with Crippen molar-refractivity contribution in [2.45, 2.75) is 20.4 Å². The Hall–Kier alpha value is -2.33. The summed E-state index contributed by atoms with van der Waals surface area (Å²) < 4.78 is 5.46. The third kappa shape index (κ3) is 4.09. The van der Waals surface area contributed by atoms with Gasteiger partial charge in [-0.15, -0.1) is 0 Å². The lowest BCUT2D eigenvalue weighted by atomic mass is 10.1. The predicted octanol–water partition coefficient (Wildman–Crippen LogP) is 2.60. The molecule has 0 aromatic heterocycles. The number of ether oxygens (including phenoxy) is 1. The molecular weight excluding hydrogens is 278 g/mol. The highest BCUT2D eigenvalue weighted by Gasteiger charge is 2.10. The van der Waals surface area contributed by atoms with E-state index in [1.807, 2.05) is 56.3 Å². The van der Waals surface area contributed by atoms with Crippen LogP contribution in [0, 0.1) is 13.8 Å². The van der Waals surface area contributed by atoms with Crippen LogP contribution in [0.15, 0.2) is 42.5 Å². The van der Waals surface area contributed by atoms with Crippen LogP contribution < -0.4 is 10.1 Å². The fraction of sp³-hybridized carbons (Fsp3) is 0.278. The molecule has 4 nitrogen and oxygen atoms in total. The van der Waals surface area contributed by atoms with Crippen LogP contribution in [-0.4, -0.2) is 24.2 Å². The monoisotopic (exact) mass is 299 g/mol. The van der Waals surface area contributed by atoms with E-state index in [1.165, 1.54) is 0 Å². The molecule has 22 heavy (non-hydrogen) atoms. The minimum atomic E-state index is -0.102. The Morgan fingerprint density at radius 1 is 1.18 bits per heavy atom. The molecule has 4 heteroatoms. The van der Waals surface area contributed by atoms with Gasteiger partial charge in [-0.3, -0.25) is 4.79 Å². The van der Waals surface area contributed by atoms with E-state index in [-0.39, 0.29) is 19.1 Å². The molecule has 0 aliphatic heterocycles. The summed E-state index contributed by atoms with van der Waals surface area (Å²) in [7, 11) is 0.